The van der Waals surface area contributed by atoms with E-state index in [2.05, 4.69) is 4.18 Å². The van der Waals surface area contributed by atoms with Crippen molar-refractivity contribution in [3.8, 4) is 0 Å². The summed E-state index contributed by atoms with van der Waals surface area (Å²) in [6, 6.07) is 0.144. The van der Waals surface area contributed by atoms with Crippen molar-refractivity contribution < 1.29 is 12.6 Å². The molecule has 1 atom stereocenters. The number of rotatable bonds is 0. The van der Waals surface area contributed by atoms with Crippen LogP contribution in [0.5, 0.6) is 0 Å². The van der Waals surface area contributed by atoms with Crippen molar-refractivity contribution in [2.24, 2.45) is 0 Å². The minimum atomic E-state index is -3.29. The zero-order valence-electron chi connectivity index (χ0n) is 5.49. The molecule has 2 fully saturated rings. The highest BCUT2D eigenvalue weighted by Crippen LogP contribution is 2.27. The summed E-state index contributed by atoms with van der Waals surface area (Å²) in [4.78, 5) is 0. The summed E-state index contributed by atoms with van der Waals surface area (Å²) in [6.07, 6.45) is 1.94. The first-order valence-corrected chi connectivity index (χ1v) is 4.73. The van der Waals surface area contributed by atoms with Gasteiger partial charge in [-0.3, -0.25) is 4.18 Å². The van der Waals surface area contributed by atoms with Gasteiger partial charge < -0.3 is 0 Å². The fraction of sp³-hybridized carbons (Fsp3) is 1.00. The van der Waals surface area contributed by atoms with E-state index in [0.29, 0.717) is 13.2 Å². The van der Waals surface area contributed by atoms with Crippen molar-refractivity contribution >= 4 is 10.3 Å². The van der Waals surface area contributed by atoms with Gasteiger partial charge in [-0.2, -0.15) is 12.7 Å². The van der Waals surface area contributed by atoms with Crippen molar-refractivity contribution in [2.45, 2.75) is 18.9 Å². The fourth-order valence-electron chi connectivity index (χ4n) is 1.50. The Labute approximate surface area is 60.0 Å². The second kappa shape index (κ2) is 1.93. The maximum absolute atomic E-state index is 10.9. The third-order valence-electron chi connectivity index (χ3n) is 2.02. The van der Waals surface area contributed by atoms with Crippen molar-refractivity contribution in [2.75, 3.05) is 13.2 Å². The van der Waals surface area contributed by atoms with Gasteiger partial charge in [-0.15, -0.1) is 0 Å². The minimum Gasteiger partial charge on any atom is -0.256 e. The minimum absolute atomic E-state index is 0.144. The SMILES string of the molecule is O=S1(=O)OC[C@@H]2CCCN21. The molecule has 0 spiro atoms. The molecule has 0 radical (unpaired) electrons. The molecule has 2 aliphatic heterocycles. The van der Waals surface area contributed by atoms with Crippen molar-refractivity contribution in [3.05, 3.63) is 0 Å². The molecule has 0 aromatic rings. The lowest BCUT2D eigenvalue weighted by Crippen LogP contribution is -2.27. The molecular weight excluding hydrogens is 154 g/mol. The van der Waals surface area contributed by atoms with Gasteiger partial charge in [-0.25, -0.2) is 0 Å². The molecule has 2 rings (SSSR count). The predicted octanol–water partition coefficient (Wildman–Crippen LogP) is -0.274. The fourth-order valence-corrected chi connectivity index (χ4v) is 2.85. The monoisotopic (exact) mass is 163 g/mol. The first kappa shape index (κ1) is 6.57. The highest BCUT2D eigenvalue weighted by Gasteiger charge is 2.41. The van der Waals surface area contributed by atoms with Crippen LogP contribution in [0.25, 0.3) is 0 Å². The maximum Gasteiger partial charge on any atom is 0.338 e. The summed E-state index contributed by atoms with van der Waals surface area (Å²) in [6.45, 7) is 1.01. The molecule has 0 aliphatic carbocycles. The smallest absolute Gasteiger partial charge is 0.256 e. The van der Waals surface area contributed by atoms with Crippen molar-refractivity contribution in [1.29, 1.82) is 0 Å². The zero-order valence-corrected chi connectivity index (χ0v) is 6.30. The van der Waals surface area contributed by atoms with Crippen LogP contribution in [-0.2, 0) is 14.5 Å². The normalized spacial score (nSPS) is 38.2. The Hall–Kier alpha value is -0.130. The van der Waals surface area contributed by atoms with Gasteiger partial charge in [0.2, 0.25) is 0 Å². The van der Waals surface area contributed by atoms with Crippen LogP contribution in [0.15, 0.2) is 0 Å². The second-order valence-corrected chi connectivity index (χ2v) is 4.21. The molecule has 0 aromatic heterocycles. The summed E-state index contributed by atoms with van der Waals surface area (Å²) < 4.78 is 28.0. The van der Waals surface area contributed by atoms with Gasteiger partial charge in [0.25, 0.3) is 0 Å². The van der Waals surface area contributed by atoms with Gasteiger partial charge in [0.15, 0.2) is 0 Å². The molecule has 0 aromatic carbocycles. The van der Waals surface area contributed by atoms with Crippen LogP contribution in [-0.4, -0.2) is 31.9 Å². The topological polar surface area (TPSA) is 46.6 Å². The van der Waals surface area contributed by atoms with E-state index in [-0.39, 0.29) is 6.04 Å². The predicted molar refractivity (Wildman–Crippen MR) is 34.6 cm³/mol. The summed E-state index contributed by atoms with van der Waals surface area (Å²) in [7, 11) is -3.29. The lowest BCUT2D eigenvalue weighted by atomic mass is 10.2. The largest absolute Gasteiger partial charge is 0.338 e. The van der Waals surface area contributed by atoms with E-state index in [4.69, 9.17) is 0 Å². The molecule has 0 bridgehead atoms. The third-order valence-corrected chi connectivity index (χ3v) is 3.51. The number of hydrogen-bond donors (Lipinski definition) is 0. The Morgan fingerprint density at radius 3 is 3.00 bits per heavy atom. The van der Waals surface area contributed by atoms with E-state index in [1.165, 1.54) is 4.31 Å². The molecule has 2 aliphatic rings. The summed E-state index contributed by atoms with van der Waals surface area (Å²) in [5.74, 6) is 0. The molecule has 4 nitrogen and oxygen atoms in total. The van der Waals surface area contributed by atoms with E-state index in [9.17, 15) is 8.42 Å². The van der Waals surface area contributed by atoms with Gasteiger partial charge in [0.05, 0.1) is 12.6 Å². The lowest BCUT2D eigenvalue weighted by molar-refractivity contribution is 0.330. The van der Waals surface area contributed by atoms with Crippen LogP contribution in [0.3, 0.4) is 0 Å². The number of fused-ring (bicyclic) bond motifs is 1. The van der Waals surface area contributed by atoms with Gasteiger partial charge in [-0.1, -0.05) is 0 Å². The zero-order chi connectivity index (χ0) is 7.19. The van der Waals surface area contributed by atoms with Crippen molar-refractivity contribution in [3.63, 3.8) is 0 Å². The summed E-state index contributed by atoms with van der Waals surface area (Å²) >= 11 is 0. The van der Waals surface area contributed by atoms with Gasteiger partial charge >= 0.3 is 10.3 Å². The highest BCUT2D eigenvalue weighted by molar-refractivity contribution is 7.84. The maximum atomic E-state index is 10.9. The summed E-state index contributed by atoms with van der Waals surface area (Å²) in [5.41, 5.74) is 0. The van der Waals surface area contributed by atoms with E-state index < -0.39 is 10.3 Å². The van der Waals surface area contributed by atoms with Crippen LogP contribution < -0.4 is 0 Å². The van der Waals surface area contributed by atoms with Gasteiger partial charge in [0.1, 0.15) is 0 Å². The molecule has 0 saturated carbocycles. The van der Waals surface area contributed by atoms with Crippen LogP contribution >= 0.6 is 0 Å². The van der Waals surface area contributed by atoms with Crippen LogP contribution in [0, 0.1) is 0 Å². The average molecular weight is 163 g/mol. The molecule has 5 heteroatoms. The number of hydrogen-bond acceptors (Lipinski definition) is 3. The van der Waals surface area contributed by atoms with E-state index in [0.717, 1.165) is 12.8 Å². The molecule has 0 unspecified atom stereocenters. The van der Waals surface area contributed by atoms with Gasteiger partial charge in [0, 0.05) is 6.54 Å². The molecule has 0 amide bonds. The second-order valence-electron chi connectivity index (χ2n) is 2.65. The first-order valence-electron chi connectivity index (χ1n) is 3.36. The van der Waals surface area contributed by atoms with E-state index in [1.807, 2.05) is 0 Å². The summed E-state index contributed by atoms with van der Waals surface area (Å²) in [5, 5.41) is 0. The van der Waals surface area contributed by atoms with Gasteiger partial charge in [-0.05, 0) is 12.8 Å². The molecule has 58 valence electrons. The van der Waals surface area contributed by atoms with Crippen molar-refractivity contribution in [1.82, 2.24) is 4.31 Å². The Kier molecular flexibility index (Phi) is 1.27. The Morgan fingerprint density at radius 1 is 1.50 bits per heavy atom. The molecule has 0 N–H and O–H groups in total. The van der Waals surface area contributed by atoms with Crippen LogP contribution in [0.2, 0.25) is 0 Å². The quantitative estimate of drug-likeness (QED) is 0.493. The molecule has 2 saturated heterocycles. The first-order chi connectivity index (χ1) is 4.70. The Balaban J connectivity index is 2.32. The number of nitrogens with zero attached hydrogens (tertiary/aromatic N) is 1. The third kappa shape index (κ3) is 0.777. The van der Waals surface area contributed by atoms with E-state index in [1.54, 1.807) is 0 Å². The average Bonchev–Trinajstić information content (AvgIpc) is 2.36. The standard InChI is InChI=1S/C5H9NO3S/c7-10(8)6-3-1-2-5(6)4-9-10/h5H,1-4H2/t5-/m0/s1. The molecular formula is C5H9NO3S. The van der Waals surface area contributed by atoms with Crippen LogP contribution in [0.4, 0.5) is 0 Å². The van der Waals surface area contributed by atoms with E-state index >= 15 is 0 Å². The Bertz CT molecular complexity index is 235. The Morgan fingerprint density at radius 2 is 2.30 bits per heavy atom. The lowest BCUT2D eigenvalue weighted by Gasteiger charge is -2.07. The highest BCUT2D eigenvalue weighted by atomic mass is 32.2. The van der Waals surface area contributed by atoms with Crippen LogP contribution in [0.1, 0.15) is 12.8 Å². The molecule has 10 heavy (non-hydrogen) atoms. The molecule has 2 heterocycles.